The van der Waals surface area contributed by atoms with Crippen LogP contribution in [-0.2, 0) is 6.18 Å². The topological polar surface area (TPSA) is 22.1 Å². The number of hydrogen-bond donors (Lipinski definition) is 0. The van der Waals surface area contributed by atoms with Gasteiger partial charge in [0.15, 0.2) is 5.82 Å². The molecule has 0 radical (unpaired) electrons. The van der Waals surface area contributed by atoms with E-state index in [0.717, 1.165) is 18.2 Å². The first kappa shape index (κ1) is 16.1. The zero-order chi connectivity index (χ0) is 16.5. The minimum absolute atomic E-state index is 0.395. The fraction of sp³-hybridized carbons (Fsp3) is 0.154. The van der Waals surface area contributed by atoms with Gasteiger partial charge in [0.05, 0.1) is 5.56 Å². The van der Waals surface area contributed by atoms with Crippen LogP contribution in [0.2, 0.25) is 0 Å². The summed E-state index contributed by atoms with van der Waals surface area (Å²) in [6.07, 6.45) is -9.42. The first-order chi connectivity index (χ1) is 10.1. The van der Waals surface area contributed by atoms with Gasteiger partial charge in [-0.3, -0.25) is 4.98 Å². The summed E-state index contributed by atoms with van der Waals surface area (Å²) in [5, 5.41) is 0. The van der Waals surface area contributed by atoms with E-state index in [-0.39, 0.29) is 0 Å². The molecule has 0 saturated heterocycles. The summed E-state index contributed by atoms with van der Waals surface area (Å²) >= 11 is 0. The molecule has 1 heterocycles. The maximum absolute atomic E-state index is 13.9. The Morgan fingerprint density at radius 1 is 0.909 bits per heavy atom. The molecular formula is C13H6F7NO. The molecule has 0 amide bonds. The van der Waals surface area contributed by atoms with Crippen molar-refractivity contribution in [1.29, 1.82) is 0 Å². The molecule has 2 nitrogen and oxygen atoms in total. The molecule has 22 heavy (non-hydrogen) atoms. The van der Waals surface area contributed by atoms with E-state index in [1.807, 2.05) is 0 Å². The summed E-state index contributed by atoms with van der Waals surface area (Å²) in [6, 6.07) is 4.61. The molecule has 0 N–H and O–H groups in total. The SMILES string of the molecule is Fc1c(C(F)(F)F)ccnc1-c1ccccc1OC(F)(F)F. The summed E-state index contributed by atoms with van der Waals surface area (Å²) in [5.74, 6) is -2.62. The number of rotatable bonds is 2. The van der Waals surface area contributed by atoms with Crippen molar-refractivity contribution in [3.8, 4) is 17.0 Å². The van der Waals surface area contributed by atoms with Gasteiger partial charge in [-0.2, -0.15) is 13.2 Å². The van der Waals surface area contributed by atoms with Crippen molar-refractivity contribution in [2.45, 2.75) is 12.5 Å². The minimum Gasteiger partial charge on any atom is -0.405 e. The van der Waals surface area contributed by atoms with E-state index in [1.54, 1.807) is 0 Å². The lowest BCUT2D eigenvalue weighted by Crippen LogP contribution is -2.18. The van der Waals surface area contributed by atoms with Crippen LogP contribution in [0.3, 0.4) is 0 Å². The van der Waals surface area contributed by atoms with Crippen LogP contribution in [0.5, 0.6) is 5.75 Å². The molecule has 0 atom stereocenters. The summed E-state index contributed by atoms with van der Waals surface area (Å²) in [4.78, 5) is 3.39. The van der Waals surface area contributed by atoms with Gasteiger partial charge in [0.25, 0.3) is 0 Å². The molecule has 0 fully saturated rings. The second-order valence-electron chi connectivity index (χ2n) is 4.06. The van der Waals surface area contributed by atoms with Crippen molar-refractivity contribution in [2.75, 3.05) is 0 Å². The number of hydrogen-bond acceptors (Lipinski definition) is 2. The van der Waals surface area contributed by atoms with Crippen molar-refractivity contribution in [1.82, 2.24) is 4.98 Å². The number of nitrogens with zero attached hydrogens (tertiary/aromatic N) is 1. The molecule has 0 aliphatic rings. The van der Waals surface area contributed by atoms with Gasteiger partial charge in [0.1, 0.15) is 11.4 Å². The molecule has 0 saturated carbocycles. The fourth-order valence-corrected chi connectivity index (χ4v) is 1.73. The van der Waals surface area contributed by atoms with Gasteiger partial charge in [-0.15, -0.1) is 13.2 Å². The molecule has 2 aromatic rings. The maximum Gasteiger partial charge on any atom is 0.573 e. The van der Waals surface area contributed by atoms with Crippen molar-refractivity contribution >= 4 is 0 Å². The summed E-state index contributed by atoms with van der Waals surface area (Å²) in [5.41, 5.74) is -3.04. The highest BCUT2D eigenvalue weighted by Crippen LogP contribution is 2.38. The van der Waals surface area contributed by atoms with Crippen LogP contribution in [0.25, 0.3) is 11.3 Å². The molecule has 9 heteroatoms. The van der Waals surface area contributed by atoms with Crippen LogP contribution >= 0.6 is 0 Å². The van der Waals surface area contributed by atoms with E-state index in [4.69, 9.17) is 0 Å². The minimum atomic E-state index is -5.08. The van der Waals surface area contributed by atoms with Crippen molar-refractivity contribution in [2.24, 2.45) is 0 Å². The van der Waals surface area contributed by atoms with Gasteiger partial charge in [-0.1, -0.05) is 12.1 Å². The van der Waals surface area contributed by atoms with E-state index in [0.29, 0.717) is 12.3 Å². The second kappa shape index (κ2) is 5.47. The van der Waals surface area contributed by atoms with E-state index in [1.165, 1.54) is 6.07 Å². The van der Waals surface area contributed by atoms with E-state index in [2.05, 4.69) is 9.72 Å². The predicted octanol–water partition coefficient (Wildman–Crippen LogP) is 4.81. The second-order valence-corrected chi connectivity index (χ2v) is 4.06. The Morgan fingerprint density at radius 3 is 2.14 bits per heavy atom. The first-order valence-electron chi connectivity index (χ1n) is 5.66. The van der Waals surface area contributed by atoms with Crippen LogP contribution in [0.1, 0.15) is 5.56 Å². The average molecular weight is 325 g/mol. The van der Waals surface area contributed by atoms with Crippen molar-refractivity contribution < 1.29 is 35.5 Å². The number of pyridine rings is 1. The molecule has 0 spiro atoms. The Labute approximate surface area is 119 Å². The smallest absolute Gasteiger partial charge is 0.405 e. The van der Waals surface area contributed by atoms with Crippen LogP contribution in [-0.4, -0.2) is 11.3 Å². The summed E-state index contributed by atoms with van der Waals surface area (Å²) < 4.78 is 92.4. The quantitative estimate of drug-likeness (QED) is 0.740. The highest BCUT2D eigenvalue weighted by Gasteiger charge is 2.37. The molecule has 118 valence electrons. The number of benzene rings is 1. The Bertz CT molecular complexity index is 679. The molecule has 0 unspecified atom stereocenters. The average Bonchev–Trinajstić information content (AvgIpc) is 2.37. The molecular weight excluding hydrogens is 319 g/mol. The van der Waals surface area contributed by atoms with Crippen LogP contribution < -0.4 is 4.74 Å². The third-order valence-electron chi connectivity index (χ3n) is 2.56. The Morgan fingerprint density at radius 2 is 1.55 bits per heavy atom. The largest absolute Gasteiger partial charge is 0.573 e. The lowest BCUT2D eigenvalue weighted by atomic mass is 10.1. The van der Waals surface area contributed by atoms with Crippen LogP contribution in [0, 0.1) is 5.82 Å². The third-order valence-corrected chi connectivity index (χ3v) is 2.56. The van der Waals surface area contributed by atoms with E-state index < -0.39 is 40.9 Å². The standard InChI is InChI=1S/C13H6F7NO/c14-10-8(12(15,16)17)5-6-21-11(10)7-3-1-2-4-9(7)22-13(18,19)20/h1-6H. The lowest BCUT2D eigenvalue weighted by Gasteiger charge is -2.14. The maximum atomic E-state index is 13.9. The molecule has 1 aromatic carbocycles. The Hall–Kier alpha value is -2.32. The number of halogens is 7. The van der Waals surface area contributed by atoms with Gasteiger partial charge in [-0.25, -0.2) is 4.39 Å². The van der Waals surface area contributed by atoms with Gasteiger partial charge in [0, 0.05) is 11.8 Å². The number of aromatic nitrogens is 1. The Balaban J connectivity index is 2.59. The number of ether oxygens (including phenoxy) is 1. The monoisotopic (exact) mass is 325 g/mol. The van der Waals surface area contributed by atoms with Gasteiger partial charge in [0.2, 0.25) is 0 Å². The van der Waals surface area contributed by atoms with Crippen molar-refractivity contribution in [3.05, 3.63) is 47.9 Å². The van der Waals surface area contributed by atoms with Gasteiger partial charge < -0.3 is 4.74 Å². The van der Waals surface area contributed by atoms with Crippen LogP contribution in [0.4, 0.5) is 30.7 Å². The van der Waals surface area contributed by atoms with Crippen molar-refractivity contribution in [3.63, 3.8) is 0 Å². The normalized spacial score (nSPS) is 12.3. The molecule has 2 rings (SSSR count). The zero-order valence-electron chi connectivity index (χ0n) is 10.5. The number of para-hydroxylation sites is 1. The molecule has 0 aliphatic carbocycles. The molecule has 0 aliphatic heterocycles. The first-order valence-corrected chi connectivity index (χ1v) is 5.66. The van der Waals surface area contributed by atoms with Crippen LogP contribution in [0.15, 0.2) is 36.5 Å². The fourth-order valence-electron chi connectivity index (χ4n) is 1.73. The van der Waals surface area contributed by atoms with Gasteiger partial charge >= 0.3 is 12.5 Å². The molecule has 1 aromatic heterocycles. The highest BCUT2D eigenvalue weighted by molar-refractivity contribution is 5.68. The molecule has 0 bridgehead atoms. The van der Waals surface area contributed by atoms with E-state index in [9.17, 15) is 30.7 Å². The predicted molar refractivity (Wildman–Crippen MR) is 61.3 cm³/mol. The Kier molecular flexibility index (Phi) is 3.99. The third kappa shape index (κ3) is 3.46. The number of alkyl halides is 6. The summed E-state index contributed by atoms with van der Waals surface area (Å²) in [7, 11) is 0. The van der Waals surface area contributed by atoms with Gasteiger partial charge in [-0.05, 0) is 18.2 Å². The van der Waals surface area contributed by atoms with E-state index >= 15 is 0 Å². The zero-order valence-corrected chi connectivity index (χ0v) is 10.5. The summed E-state index contributed by atoms with van der Waals surface area (Å²) in [6.45, 7) is 0. The highest BCUT2D eigenvalue weighted by atomic mass is 19.4. The lowest BCUT2D eigenvalue weighted by molar-refractivity contribution is -0.274.